The fourth-order valence-electron chi connectivity index (χ4n) is 1.73. The molecule has 0 saturated carbocycles. The maximum Gasteiger partial charge on any atom is 0.209 e. The molecule has 1 N–H and O–H groups in total. The number of aryl methyl sites for hydroxylation is 1. The van der Waals surface area contributed by atoms with Crippen LogP contribution in [0.25, 0.3) is 0 Å². The smallest absolute Gasteiger partial charge is 0.209 e. The zero-order valence-corrected chi connectivity index (χ0v) is 12.2. The molecular formula is C11H20N6S. The number of rotatable bonds is 7. The molecule has 0 aliphatic rings. The van der Waals surface area contributed by atoms with E-state index >= 15 is 0 Å². The fourth-order valence-corrected chi connectivity index (χ4v) is 2.52. The van der Waals surface area contributed by atoms with Gasteiger partial charge in [-0.3, -0.25) is 5.32 Å². The highest BCUT2D eigenvalue weighted by atomic mass is 32.2. The first-order chi connectivity index (χ1) is 8.47. The Morgan fingerprint density at radius 2 is 2.28 bits per heavy atom. The van der Waals surface area contributed by atoms with Crippen molar-refractivity contribution in [2.24, 2.45) is 7.05 Å². The van der Waals surface area contributed by atoms with Gasteiger partial charge in [0.1, 0.15) is 5.54 Å². The van der Waals surface area contributed by atoms with Crippen LogP contribution < -0.4 is 5.32 Å². The van der Waals surface area contributed by atoms with Gasteiger partial charge in [-0.2, -0.15) is 5.26 Å². The summed E-state index contributed by atoms with van der Waals surface area (Å²) in [5.74, 6) is 0.908. The molecule has 0 fully saturated rings. The second-order valence-corrected chi connectivity index (χ2v) is 5.84. The van der Waals surface area contributed by atoms with Crippen molar-refractivity contribution in [1.82, 2.24) is 25.5 Å². The van der Waals surface area contributed by atoms with Crippen molar-refractivity contribution < 1.29 is 0 Å². The third kappa shape index (κ3) is 4.63. The first kappa shape index (κ1) is 14.9. The summed E-state index contributed by atoms with van der Waals surface area (Å²) in [5, 5.41) is 24.6. The molecule has 1 heterocycles. The highest BCUT2D eigenvalue weighted by Crippen LogP contribution is 2.18. The van der Waals surface area contributed by atoms with Crippen LogP contribution in [-0.2, 0) is 7.05 Å². The molecule has 0 spiro atoms. The molecule has 100 valence electrons. The molecule has 0 aromatic carbocycles. The summed E-state index contributed by atoms with van der Waals surface area (Å²) >= 11 is 1.61. The summed E-state index contributed by atoms with van der Waals surface area (Å²) in [4.78, 5) is 0. The van der Waals surface area contributed by atoms with Crippen LogP contribution in [0.1, 0.15) is 33.6 Å². The van der Waals surface area contributed by atoms with Gasteiger partial charge in [-0.1, -0.05) is 11.8 Å². The summed E-state index contributed by atoms with van der Waals surface area (Å²) in [6.45, 7) is 6.05. The zero-order valence-electron chi connectivity index (χ0n) is 11.3. The molecule has 1 unspecified atom stereocenters. The molecule has 0 radical (unpaired) electrons. The van der Waals surface area contributed by atoms with Gasteiger partial charge in [0.15, 0.2) is 0 Å². The summed E-state index contributed by atoms with van der Waals surface area (Å²) in [6, 6.07) is 2.66. The Balaban J connectivity index is 2.32. The number of aromatic nitrogens is 4. The third-order valence-corrected chi connectivity index (χ3v) is 3.58. The number of hydrogen-bond donors (Lipinski definition) is 1. The molecule has 1 aromatic rings. The molecule has 0 bridgehead atoms. The van der Waals surface area contributed by atoms with E-state index < -0.39 is 5.54 Å². The maximum absolute atomic E-state index is 9.21. The normalized spacial score (nSPS) is 14.4. The highest BCUT2D eigenvalue weighted by molar-refractivity contribution is 7.99. The van der Waals surface area contributed by atoms with Crippen LogP contribution in [0.4, 0.5) is 0 Å². The lowest BCUT2D eigenvalue weighted by atomic mass is 9.97. The number of nitrogens with zero attached hydrogens (tertiary/aromatic N) is 5. The van der Waals surface area contributed by atoms with Gasteiger partial charge in [-0.05, 0) is 44.0 Å². The monoisotopic (exact) mass is 268 g/mol. The first-order valence-electron chi connectivity index (χ1n) is 6.01. The Labute approximate surface area is 112 Å². The predicted molar refractivity (Wildman–Crippen MR) is 71.0 cm³/mol. The summed E-state index contributed by atoms with van der Waals surface area (Å²) in [6.07, 6.45) is 1.77. The van der Waals surface area contributed by atoms with Crippen molar-refractivity contribution in [3.05, 3.63) is 0 Å². The molecule has 1 rings (SSSR count). The molecule has 6 nitrogen and oxygen atoms in total. The van der Waals surface area contributed by atoms with E-state index in [2.05, 4.69) is 40.8 Å². The fraction of sp³-hybridized carbons (Fsp3) is 0.818. The van der Waals surface area contributed by atoms with Gasteiger partial charge in [-0.25, -0.2) is 4.68 Å². The van der Waals surface area contributed by atoms with E-state index in [1.54, 1.807) is 16.4 Å². The van der Waals surface area contributed by atoms with Gasteiger partial charge >= 0.3 is 0 Å². The van der Waals surface area contributed by atoms with Crippen LogP contribution in [0.3, 0.4) is 0 Å². The van der Waals surface area contributed by atoms with Gasteiger partial charge in [-0.15, -0.1) is 5.10 Å². The van der Waals surface area contributed by atoms with E-state index in [9.17, 15) is 5.26 Å². The standard InChI is InChI=1S/C11H20N6S/c1-9(2)13-11(3,8-12)6-5-7-18-10-14-15-16-17(10)4/h9,13H,5-7H2,1-4H3. The van der Waals surface area contributed by atoms with Crippen molar-refractivity contribution >= 4 is 11.8 Å². The second-order valence-electron chi connectivity index (χ2n) is 4.78. The molecular weight excluding hydrogens is 248 g/mol. The van der Waals surface area contributed by atoms with E-state index in [-0.39, 0.29) is 0 Å². The predicted octanol–water partition coefficient (Wildman–Crippen LogP) is 1.36. The molecule has 1 aromatic heterocycles. The molecule has 0 aliphatic heterocycles. The van der Waals surface area contributed by atoms with Crippen LogP contribution >= 0.6 is 11.8 Å². The summed E-state index contributed by atoms with van der Waals surface area (Å²) in [5.41, 5.74) is -0.452. The Hall–Kier alpha value is -1.13. The van der Waals surface area contributed by atoms with Gasteiger partial charge in [0.05, 0.1) is 6.07 Å². The van der Waals surface area contributed by atoms with E-state index in [0.29, 0.717) is 6.04 Å². The van der Waals surface area contributed by atoms with E-state index in [0.717, 1.165) is 23.8 Å². The maximum atomic E-state index is 9.21. The Kier molecular flexibility index (Phi) is 5.56. The molecule has 1 atom stereocenters. The first-order valence-corrected chi connectivity index (χ1v) is 6.99. The van der Waals surface area contributed by atoms with Crippen LogP contribution in [-0.4, -0.2) is 37.5 Å². The minimum Gasteiger partial charge on any atom is -0.297 e. The molecule has 0 saturated heterocycles. The largest absolute Gasteiger partial charge is 0.297 e. The topological polar surface area (TPSA) is 79.4 Å². The number of nitriles is 1. The average Bonchev–Trinajstić information content (AvgIpc) is 2.70. The quantitative estimate of drug-likeness (QED) is 0.594. The van der Waals surface area contributed by atoms with Crippen molar-refractivity contribution in [1.29, 1.82) is 5.26 Å². The summed E-state index contributed by atoms with van der Waals surface area (Å²) in [7, 11) is 1.82. The second kappa shape index (κ2) is 6.71. The Morgan fingerprint density at radius 1 is 1.56 bits per heavy atom. The average molecular weight is 268 g/mol. The van der Waals surface area contributed by atoms with Crippen LogP contribution in [0.2, 0.25) is 0 Å². The summed E-state index contributed by atoms with van der Waals surface area (Å²) < 4.78 is 1.65. The van der Waals surface area contributed by atoms with Gasteiger partial charge in [0, 0.05) is 18.8 Å². The molecule has 7 heteroatoms. The SMILES string of the molecule is CC(C)NC(C)(C#N)CCCSc1nnnn1C. The van der Waals surface area contributed by atoms with Crippen molar-refractivity contribution in [2.45, 2.75) is 50.4 Å². The minimum absolute atomic E-state index is 0.310. The Morgan fingerprint density at radius 3 is 2.78 bits per heavy atom. The van der Waals surface area contributed by atoms with Gasteiger partial charge in [0.2, 0.25) is 5.16 Å². The molecule has 18 heavy (non-hydrogen) atoms. The lowest BCUT2D eigenvalue weighted by Crippen LogP contribution is -2.44. The van der Waals surface area contributed by atoms with Crippen LogP contribution in [0.15, 0.2) is 5.16 Å². The number of tetrazole rings is 1. The lowest BCUT2D eigenvalue weighted by Gasteiger charge is -2.25. The van der Waals surface area contributed by atoms with Crippen molar-refractivity contribution in [3.63, 3.8) is 0 Å². The van der Waals surface area contributed by atoms with Crippen molar-refractivity contribution in [2.75, 3.05) is 5.75 Å². The highest BCUT2D eigenvalue weighted by Gasteiger charge is 2.23. The third-order valence-electron chi connectivity index (χ3n) is 2.49. The van der Waals surface area contributed by atoms with E-state index in [1.807, 2.05) is 14.0 Å². The van der Waals surface area contributed by atoms with Gasteiger partial charge < -0.3 is 0 Å². The van der Waals surface area contributed by atoms with Gasteiger partial charge in [0.25, 0.3) is 0 Å². The number of nitrogens with one attached hydrogen (secondary N) is 1. The lowest BCUT2D eigenvalue weighted by molar-refractivity contribution is 0.380. The van der Waals surface area contributed by atoms with E-state index in [1.165, 1.54) is 0 Å². The van der Waals surface area contributed by atoms with Crippen LogP contribution in [0.5, 0.6) is 0 Å². The molecule has 0 aliphatic carbocycles. The number of hydrogen-bond acceptors (Lipinski definition) is 6. The molecule has 0 amide bonds. The minimum atomic E-state index is -0.452. The Bertz CT molecular complexity index is 410. The number of thioether (sulfide) groups is 1. The van der Waals surface area contributed by atoms with E-state index in [4.69, 9.17) is 0 Å². The van der Waals surface area contributed by atoms with Crippen LogP contribution in [0, 0.1) is 11.3 Å². The van der Waals surface area contributed by atoms with Crippen molar-refractivity contribution in [3.8, 4) is 6.07 Å². The zero-order chi connectivity index (χ0) is 13.6.